The Bertz CT molecular complexity index is 89.8. The summed E-state index contributed by atoms with van der Waals surface area (Å²) >= 11 is 0. The molecular weight excluding hydrogens is 150 g/mol. The summed E-state index contributed by atoms with van der Waals surface area (Å²) in [5.41, 5.74) is 0. The van der Waals surface area contributed by atoms with Gasteiger partial charge < -0.3 is 4.74 Å². The monoisotopic (exact) mass is 173 g/mol. The fourth-order valence-corrected chi connectivity index (χ4v) is 1.47. The lowest BCUT2D eigenvalue weighted by Gasteiger charge is -2.27. The van der Waals surface area contributed by atoms with Crippen molar-refractivity contribution in [3.8, 4) is 0 Å². The number of hydrogen-bond acceptors (Lipinski definition) is 2. The van der Waals surface area contributed by atoms with Crippen LogP contribution in [0.15, 0.2) is 0 Å². The van der Waals surface area contributed by atoms with Crippen molar-refractivity contribution in [2.24, 2.45) is 0 Å². The lowest BCUT2D eigenvalue weighted by molar-refractivity contribution is 0.0354. The molecule has 2 heteroatoms. The van der Waals surface area contributed by atoms with Gasteiger partial charge in [-0.15, -0.1) is 0 Å². The minimum atomic E-state index is 0.662. The van der Waals surface area contributed by atoms with Crippen LogP contribution in [0.4, 0.5) is 0 Å². The van der Waals surface area contributed by atoms with E-state index in [-0.39, 0.29) is 0 Å². The minimum Gasteiger partial charge on any atom is -0.369 e. The minimum absolute atomic E-state index is 0.662. The standard InChI is InChI=1S/C10H23NO/c1-5-7-10(3)11(8-6-2)9-12-4/h10H,5-9H2,1-4H3. The van der Waals surface area contributed by atoms with E-state index in [1.54, 1.807) is 7.11 Å². The molecule has 0 amide bonds. The van der Waals surface area contributed by atoms with E-state index >= 15 is 0 Å². The Morgan fingerprint density at radius 1 is 1.25 bits per heavy atom. The van der Waals surface area contributed by atoms with E-state index < -0.39 is 0 Å². The van der Waals surface area contributed by atoms with Crippen LogP contribution in [0.2, 0.25) is 0 Å². The van der Waals surface area contributed by atoms with E-state index in [0.29, 0.717) is 6.04 Å². The Balaban J connectivity index is 3.72. The molecule has 0 bridgehead atoms. The van der Waals surface area contributed by atoms with Gasteiger partial charge in [0.2, 0.25) is 0 Å². The second-order valence-electron chi connectivity index (χ2n) is 3.37. The zero-order valence-corrected chi connectivity index (χ0v) is 8.97. The number of nitrogens with zero attached hydrogens (tertiary/aromatic N) is 1. The molecule has 0 fully saturated rings. The molecule has 1 atom stereocenters. The molecule has 0 rings (SSSR count). The number of rotatable bonds is 7. The molecule has 0 aliphatic heterocycles. The highest BCUT2D eigenvalue weighted by Crippen LogP contribution is 2.06. The van der Waals surface area contributed by atoms with Crippen molar-refractivity contribution in [2.75, 3.05) is 20.4 Å². The summed E-state index contributed by atoms with van der Waals surface area (Å²) in [6, 6.07) is 0.662. The first-order valence-electron chi connectivity index (χ1n) is 4.99. The van der Waals surface area contributed by atoms with Crippen molar-refractivity contribution in [1.29, 1.82) is 0 Å². The van der Waals surface area contributed by atoms with Crippen LogP contribution in [-0.2, 0) is 4.74 Å². The van der Waals surface area contributed by atoms with E-state index in [0.717, 1.165) is 13.3 Å². The van der Waals surface area contributed by atoms with Crippen LogP contribution in [0.3, 0.4) is 0 Å². The maximum Gasteiger partial charge on any atom is 0.0988 e. The second-order valence-corrected chi connectivity index (χ2v) is 3.37. The number of ether oxygens (including phenoxy) is 1. The van der Waals surface area contributed by atoms with Gasteiger partial charge in [-0.25, -0.2) is 0 Å². The van der Waals surface area contributed by atoms with Crippen LogP contribution < -0.4 is 0 Å². The number of hydrogen-bond donors (Lipinski definition) is 0. The van der Waals surface area contributed by atoms with Crippen molar-refractivity contribution in [1.82, 2.24) is 4.90 Å². The van der Waals surface area contributed by atoms with E-state index in [1.165, 1.54) is 19.3 Å². The summed E-state index contributed by atoms with van der Waals surface area (Å²) in [5.74, 6) is 0. The van der Waals surface area contributed by atoms with E-state index in [2.05, 4.69) is 25.7 Å². The molecule has 0 aromatic heterocycles. The van der Waals surface area contributed by atoms with E-state index in [4.69, 9.17) is 4.74 Å². The molecule has 0 heterocycles. The zero-order valence-electron chi connectivity index (χ0n) is 8.97. The first kappa shape index (κ1) is 11.9. The van der Waals surface area contributed by atoms with Gasteiger partial charge in [-0.2, -0.15) is 0 Å². The highest BCUT2D eigenvalue weighted by atomic mass is 16.5. The summed E-state index contributed by atoms with van der Waals surface area (Å²) in [5, 5.41) is 0. The van der Waals surface area contributed by atoms with Crippen LogP contribution in [0.25, 0.3) is 0 Å². The van der Waals surface area contributed by atoms with E-state index in [1.807, 2.05) is 0 Å². The molecule has 0 aromatic carbocycles. The molecule has 0 N–H and O–H groups in total. The lowest BCUT2D eigenvalue weighted by Crippen LogP contribution is -2.35. The molecule has 1 unspecified atom stereocenters. The molecule has 0 saturated heterocycles. The third-order valence-electron chi connectivity index (χ3n) is 2.14. The summed E-state index contributed by atoms with van der Waals surface area (Å²) in [6.45, 7) is 8.64. The molecule has 2 nitrogen and oxygen atoms in total. The molecule has 0 saturated carbocycles. The number of methoxy groups -OCH3 is 1. The fourth-order valence-electron chi connectivity index (χ4n) is 1.47. The predicted molar refractivity (Wildman–Crippen MR) is 53.2 cm³/mol. The van der Waals surface area contributed by atoms with Gasteiger partial charge in [0.1, 0.15) is 0 Å². The Labute approximate surface area is 76.9 Å². The maximum absolute atomic E-state index is 5.15. The maximum atomic E-state index is 5.15. The van der Waals surface area contributed by atoms with Crippen molar-refractivity contribution in [3.05, 3.63) is 0 Å². The van der Waals surface area contributed by atoms with Gasteiger partial charge >= 0.3 is 0 Å². The molecule has 0 aliphatic rings. The van der Waals surface area contributed by atoms with Gasteiger partial charge in [0.25, 0.3) is 0 Å². The normalized spacial score (nSPS) is 13.8. The average molecular weight is 173 g/mol. The molecule has 0 spiro atoms. The van der Waals surface area contributed by atoms with Crippen LogP contribution >= 0.6 is 0 Å². The molecule has 12 heavy (non-hydrogen) atoms. The zero-order chi connectivity index (χ0) is 9.40. The van der Waals surface area contributed by atoms with Crippen LogP contribution in [0.1, 0.15) is 40.0 Å². The molecule has 0 radical (unpaired) electrons. The van der Waals surface area contributed by atoms with Crippen LogP contribution in [0.5, 0.6) is 0 Å². The largest absolute Gasteiger partial charge is 0.369 e. The lowest BCUT2D eigenvalue weighted by atomic mass is 10.1. The summed E-state index contributed by atoms with van der Waals surface area (Å²) in [4.78, 5) is 2.39. The Hall–Kier alpha value is -0.0800. The summed E-state index contributed by atoms with van der Waals surface area (Å²) in [6.07, 6.45) is 3.73. The van der Waals surface area contributed by atoms with Gasteiger partial charge in [0, 0.05) is 19.7 Å². The first-order chi connectivity index (χ1) is 5.76. The van der Waals surface area contributed by atoms with Gasteiger partial charge in [-0.3, -0.25) is 4.90 Å². The summed E-state index contributed by atoms with van der Waals surface area (Å²) < 4.78 is 5.15. The Kier molecular flexibility index (Phi) is 7.51. The Morgan fingerprint density at radius 2 is 1.92 bits per heavy atom. The smallest absolute Gasteiger partial charge is 0.0988 e. The molecule has 0 aliphatic carbocycles. The molecule has 0 aromatic rings. The van der Waals surface area contributed by atoms with Crippen molar-refractivity contribution in [3.63, 3.8) is 0 Å². The van der Waals surface area contributed by atoms with Crippen molar-refractivity contribution >= 4 is 0 Å². The van der Waals surface area contributed by atoms with Crippen LogP contribution in [-0.4, -0.2) is 31.3 Å². The third-order valence-corrected chi connectivity index (χ3v) is 2.14. The average Bonchev–Trinajstić information content (AvgIpc) is 2.04. The van der Waals surface area contributed by atoms with Crippen molar-refractivity contribution < 1.29 is 4.74 Å². The quantitative estimate of drug-likeness (QED) is 0.548. The fraction of sp³-hybridized carbons (Fsp3) is 1.00. The van der Waals surface area contributed by atoms with Crippen molar-refractivity contribution in [2.45, 2.75) is 46.1 Å². The van der Waals surface area contributed by atoms with Gasteiger partial charge in [-0.05, 0) is 19.8 Å². The second kappa shape index (κ2) is 7.56. The SMILES string of the molecule is CCCC(C)N(CCC)COC. The van der Waals surface area contributed by atoms with Gasteiger partial charge in [-0.1, -0.05) is 20.3 Å². The first-order valence-corrected chi connectivity index (χ1v) is 4.99. The van der Waals surface area contributed by atoms with Crippen LogP contribution in [0, 0.1) is 0 Å². The van der Waals surface area contributed by atoms with Gasteiger partial charge in [0.05, 0.1) is 6.73 Å². The van der Waals surface area contributed by atoms with Gasteiger partial charge in [0.15, 0.2) is 0 Å². The predicted octanol–water partition coefficient (Wildman–Crippen LogP) is 2.49. The summed E-state index contributed by atoms with van der Waals surface area (Å²) in [7, 11) is 1.77. The Morgan fingerprint density at radius 3 is 2.33 bits per heavy atom. The molecule has 74 valence electrons. The third kappa shape index (κ3) is 4.73. The highest BCUT2D eigenvalue weighted by molar-refractivity contribution is 4.62. The van der Waals surface area contributed by atoms with E-state index in [9.17, 15) is 0 Å². The topological polar surface area (TPSA) is 12.5 Å². The highest BCUT2D eigenvalue weighted by Gasteiger charge is 2.10. The molecular formula is C10H23NO.